The average Bonchev–Trinajstić information content (AvgIpc) is 2.77. The van der Waals surface area contributed by atoms with Crippen molar-refractivity contribution in [2.24, 2.45) is 0 Å². The summed E-state index contributed by atoms with van der Waals surface area (Å²) in [6.45, 7) is 1.57. The number of fused-ring (bicyclic) bond motifs is 1. The number of likely N-dealkylation sites (tertiary alicyclic amines) is 1. The number of aryl methyl sites for hydroxylation is 1. The summed E-state index contributed by atoms with van der Waals surface area (Å²) in [6.07, 6.45) is 2.96. The number of piperidine rings is 1. The molecule has 1 aromatic carbocycles. The number of nitrogens with zero attached hydrogens (tertiary/aromatic N) is 1. The molecule has 0 unspecified atom stereocenters. The lowest BCUT2D eigenvalue weighted by molar-refractivity contribution is 0.109. The van der Waals surface area contributed by atoms with Crippen LogP contribution in [0, 0.1) is 0 Å². The molecule has 0 bridgehead atoms. The predicted molar refractivity (Wildman–Crippen MR) is 90.3 cm³/mol. The van der Waals surface area contributed by atoms with Gasteiger partial charge in [0.15, 0.2) is 0 Å². The van der Waals surface area contributed by atoms with Crippen molar-refractivity contribution in [3.63, 3.8) is 0 Å². The van der Waals surface area contributed by atoms with Crippen molar-refractivity contribution in [2.45, 2.75) is 31.3 Å². The molecule has 22 heavy (non-hydrogen) atoms. The number of ether oxygens (including phenoxy) is 1. The van der Waals surface area contributed by atoms with Crippen LogP contribution in [-0.2, 0) is 11.2 Å². The molecule has 1 N–H and O–H groups in total. The van der Waals surface area contributed by atoms with Crippen LogP contribution < -0.4 is 5.32 Å². The minimum atomic E-state index is -0.200. The third kappa shape index (κ3) is 3.58. The first-order valence-corrected chi connectivity index (χ1v) is 9.18. The van der Waals surface area contributed by atoms with Crippen LogP contribution in [0.15, 0.2) is 24.3 Å². The molecule has 2 heterocycles. The van der Waals surface area contributed by atoms with Crippen LogP contribution in [0.5, 0.6) is 0 Å². The average molecular weight is 320 g/mol. The second-order valence-electron chi connectivity index (χ2n) is 5.97. The molecule has 0 saturated carbocycles. The molecule has 1 saturated heterocycles. The molecule has 0 aromatic heterocycles. The second-order valence-corrected chi connectivity index (χ2v) is 7.12. The van der Waals surface area contributed by atoms with Gasteiger partial charge in [0.05, 0.1) is 7.11 Å². The van der Waals surface area contributed by atoms with E-state index in [0.29, 0.717) is 12.1 Å². The van der Waals surface area contributed by atoms with Gasteiger partial charge in [0.2, 0.25) is 0 Å². The molecule has 1 amide bonds. The normalized spacial score (nSPS) is 22.8. The Kier molecular flexibility index (Phi) is 5.26. The van der Waals surface area contributed by atoms with Gasteiger partial charge in [-0.1, -0.05) is 24.3 Å². The Morgan fingerprint density at radius 2 is 2.09 bits per heavy atom. The fraction of sp³-hybridized carbons (Fsp3) is 0.588. The minimum Gasteiger partial charge on any atom is -0.453 e. The van der Waals surface area contributed by atoms with Gasteiger partial charge >= 0.3 is 6.09 Å². The molecule has 1 fully saturated rings. The van der Waals surface area contributed by atoms with E-state index in [1.165, 1.54) is 30.4 Å². The van der Waals surface area contributed by atoms with E-state index in [9.17, 15) is 4.79 Å². The summed E-state index contributed by atoms with van der Waals surface area (Å²) >= 11 is 2.03. The number of benzene rings is 1. The van der Waals surface area contributed by atoms with Gasteiger partial charge in [-0.25, -0.2) is 4.79 Å². The molecule has 0 spiro atoms. The number of hydrogen-bond acceptors (Lipinski definition) is 4. The van der Waals surface area contributed by atoms with Crippen molar-refractivity contribution in [1.29, 1.82) is 0 Å². The van der Waals surface area contributed by atoms with Crippen molar-refractivity contribution in [1.82, 2.24) is 10.2 Å². The van der Waals surface area contributed by atoms with E-state index in [0.717, 1.165) is 31.7 Å². The summed E-state index contributed by atoms with van der Waals surface area (Å²) in [7, 11) is 1.45. The van der Waals surface area contributed by atoms with Crippen molar-refractivity contribution in [2.75, 3.05) is 31.7 Å². The van der Waals surface area contributed by atoms with E-state index in [1.54, 1.807) is 4.90 Å². The van der Waals surface area contributed by atoms with Crippen molar-refractivity contribution in [3.05, 3.63) is 35.4 Å². The summed E-state index contributed by atoms with van der Waals surface area (Å²) in [4.78, 5) is 13.4. The third-order valence-electron chi connectivity index (χ3n) is 4.60. The van der Waals surface area contributed by atoms with E-state index >= 15 is 0 Å². The lowest BCUT2D eigenvalue weighted by atomic mass is 9.97. The highest BCUT2D eigenvalue weighted by Gasteiger charge is 2.26. The molecular formula is C17H24N2O2S. The molecule has 2 aliphatic rings. The number of nitrogens with one attached hydrogen (secondary N) is 1. The largest absolute Gasteiger partial charge is 0.453 e. The molecule has 120 valence electrons. The van der Waals surface area contributed by atoms with Gasteiger partial charge in [0.1, 0.15) is 0 Å². The molecule has 4 nitrogen and oxygen atoms in total. The Morgan fingerprint density at radius 1 is 1.32 bits per heavy atom. The number of carbonyl (C=O) groups excluding carboxylic acids is 1. The quantitative estimate of drug-likeness (QED) is 0.910. The van der Waals surface area contributed by atoms with Crippen LogP contribution in [0.25, 0.3) is 0 Å². The van der Waals surface area contributed by atoms with Crippen molar-refractivity contribution >= 4 is 17.9 Å². The van der Waals surface area contributed by atoms with Gasteiger partial charge in [-0.2, -0.15) is 11.8 Å². The highest BCUT2D eigenvalue weighted by atomic mass is 32.2. The van der Waals surface area contributed by atoms with Crippen LogP contribution in [-0.4, -0.2) is 48.7 Å². The summed E-state index contributed by atoms with van der Waals surface area (Å²) in [5, 5.41) is 3.83. The maximum atomic E-state index is 11.6. The molecule has 1 atom stereocenters. The number of carbonyl (C=O) groups is 1. The Balaban J connectivity index is 1.61. The monoisotopic (exact) mass is 320 g/mol. The standard InChI is InChI=1S/C17H24N2O2S/c1-21-17(20)19-9-6-14(7-10-19)18-16-12-22-11-8-13-4-2-3-5-15(13)16/h2-5,14,16,18H,6-12H2,1H3/t16-/m0/s1. The Morgan fingerprint density at radius 3 is 2.86 bits per heavy atom. The highest BCUT2D eigenvalue weighted by molar-refractivity contribution is 7.99. The van der Waals surface area contributed by atoms with Crippen LogP contribution in [0.1, 0.15) is 30.0 Å². The summed E-state index contributed by atoms with van der Waals surface area (Å²) in [5.74, 6) is 2.34. The predicted octanol–water partition coefficient (Wildman–Crippen LogP) is 2.84. The number of methoxy groups -OCH3 is 1. The molecule has 2 aliphatic heterocycles. The smallest absolute Gasteiger partial charge is 0.409 e. The molecule has 0 aliphatic carbocycles. The van der Waals surface area contributed by atoms with Crippen molar-refractivity contribution < 1.29 is 9.53 Å². The maximum Gasteiger partial charge on any atom is 0.409 e. The number of amides is 1. The Hall–Kier alpha value is -1.20. The Bertz CT molecular complexity index is 515. The molecule has 3 rings (SSSR count). The fourth-order valence-corrected chi connectivity index (χ4v) is 4.40. The van der Waals surface area contributed by atoms with Crippen molar-refractivity contribution in [3.8, 4) is 0 Å². The zero-order valence-corrected chi connectivity index (χ0v) is 13.9. The van der Waals surface area contributed by atoms with E-state index < -0.39 is 0 Å². The topological polar surface area (TPSA) is 41.6 Å². The van der Waals surface area contributed by atoms with Crippen LogP contribution in [0.2, 0.25) is 0 Å². The van der Waals surface area contributed by atoms with Crippen LogP contribution in [0.4, 0.5) is 4.79 Å². The zero-order valence-electron chi connectivity index (χ0n) is 13.1. The number of hydrogen-bond donors (Lipinski definition) is 1. The summed E-state index contributed by atoms with van der Waals surface area (Å²) < 4.78 is 4.80. The first kappa shape index (κ1) is 15.7. The molecular weight excluding hydrogens is 296 g/mol. The fourth-order valence-electron chi connectivity index (χ4n) is 3.36. The summed E-state index contributed by atoms with van der Waals surface area (Å²) in [6, 6.07) is 9.72. The number of thioether (sulfide) groups is 1. The second kappa shape index (κ2) is 7.38. The zero-order chi connectivity index (χ0) is 15.4. The molecule has 1 aromatic rings. The lowest BCUT2D eigenvalue weighted by Crippen LogP contribution is -2.46. The number of rotatable bonds is 2. The van der Waals surface area contributed by atoms with Gasteiger partial charge in [0, 0.05) is 30.9 Å². The van der Waals surface area contributed by atoms with Gasteiger partial charge in [-0.3, -0.25) is 0 Å². The first-order chi connectivity index (χ1) is 10.8. The van der Waals surface area contributed by atoms with Crippen LogP contribution in [0.3, 0.4) is 0 Å². The Labute approximate surface area is 136 Å². The van der Waals surface area contributed by atoms with Gasteiger partial charge in [0.25, 0.3) is 0 Å². The minimum absolute atomic E-state index is 0.200. The third-order valence-corrected chi connectivity index (χ3v) is 5.66. The maximum absolute atomic E-state index is 11.6. The van der Waals surface area contributed by atoms with Gasteiger partial charge in [-0.15, -0.1) is 0 Å². The van der Waals surface area contributed by atoms with E-state index in [2.05, 4.69) is 29.6 Å². The first-order valence-electron chi connectivity index (χ1n) is 8.02. The van der Waals surface area contributed by atoms with E-state index in [1.807, 2.05) is 11.8 Å². The lowest BCUT2D eigenvalue weighted by Gasteiger charge is -2.34. The highest BCUT2D eigenvalue weighted by Crippen LogP contribution is 2.28. The van der Waals surface area contributed by atoms with E-state index in [4.69, 9.17) is 4.74 Å². The van der Waals surface area contributed by atoms with Gasteiger partial charge in [-0.05, 0) is 36.1 Å². The van der Waals surface area contributed by atoms with E-state index in [-0.39, 0.29) is 6.09 Å². The van der Waals surface area contributed by atoms with Crippen LogP contribution >= 0.6 is 11.8 Å². The van der Waals surface area contributed by atoms with Gasteiger partial charge < -0.3 is 15.0 Å². The molecule has 5 heteroatoms. The SMILES string of the molecule is COC(=O)N1CCC(N[C@H]2CSCCc3ccccc32)CC1. The molecule has 0 radical (unpaired) electrons. The summed E-state index contributed by atoms with van der Waals surface area (Å²) in [5.41, 5.74) is 2.94.